The smallest absolute Gasteiger partial charge is 0.0124 e. The summed E-state index contributed by atoms with van der Waals surface area (Å²) in [5, 5.41) is 0. The maximum atomic E-state index is 5.82. The molecule has 15 heavy (non-hydrogen) atoms. The summed E-state index contributed by atoms with van der Waals surface area (Å²) in [5.74, 6) is 1.77. The van der Waals surface area contributed by atoms with E-state index in [4.69, 9.17) is 5.73 Å². The van der Waals surface area contributed by atoms with Gasteiger partial charge in [-0.25, -0.2) is 0 Å². The predicted molar refractivity (Wildman–Crippen MR) is 64.8 cm³/mol. The fourth-order valence-corrected chi connectivity index (χ4v) is 3.48. The maximum absolute atomic E-state index is 5.82. The van der Waals surface area contributed by atoms with Crippen molar-refractivity contribution in [2.24, 2.45) is 17.6 Å². The minimum atomic E-state index is 0.799. The maximum Gasteiger partial charge on any atom is 0.0124 e. The molecule has 1 heterocycles. The first-order chi connectivity index (χ1) is 7.31. The number of hydrogen-bond donors (Lipinski definition) is 1. The normalized spacial score (nSPS) is 35.6. The van der Waals surface area contributed by atoms with Gasteiger partial charge in [0.1, 0.15) is 0 Å². The molecule has 1 aliphatic heterocycles. The molecule has 1 saturated heterocycles. The van der Waals surface area contributed by atoms with Crippen molar-refractivity contribution in [2.75, 3.05) is 20.1 Å². The van der Waals surface area contributed by atoms with Gasteiger partial charge in [-0.15, -0.1) is 0 Å². The highest BCUT2D eigenvalue weighted by Crippen LogP contribution is 2.34. The van der Waals surface area contributed by atoms with Gasteiger partial charge in [-0.1, -0.05) is 19.3 Å². The van der Waals surface area contributed by atoms with Crippen molar-refractivity contribution < 1.29 is 0 Å². The summed E-state index contributed by atoms with van der Waals surface area (Å²) in [6.07, 6.45) is 9.99. The largest absolute Gasteiger partial charge is 0.330 e. The second-order valence-electron chi connectivity index (χ2n) is 5.57. The quantitative estimate of drug-likeness (QED) is 0.757. The van der Waals surface area contributed by atoms with Crippen LogP contribution in [-0.2, 0) is 0 Å². The van der Waals surface area contributed by atoms with E-state index in [2.05, 4.69) is 11.9 Å². The molecule has 2 atom stereocenters. The first kappa shape index (κ1) is 11.4. The molecule has 1 aliphatic carbocycles. The van der Waals surface area contributed by atoms with Crippen LogP contribution in [-0.4, -0.2) is 31.1 Å². The Balaban J connectivity index is 1.92. The molecule has 0 aromatic rings. The van der Waals surface area contributed by atoms with Crippen LogP contribution in [0.1, 0.15) is 44.9 Å². The zero-order valence-corrected chi connectivity index (χ0v) is 10.1. The third-order valence-electron chi connectivity index (χ3n) is 4.56. The molecule has 2 rings (SSSR count). The third kappa shape index (κ3) is 2.73. The number of likely N-dealkylation sites (tertiary alicyclic amines) is 1. The molecule has 0 aromatic carbocycles. The van der Waals surface area contributed by atoms with Crippen molar-refractivity contribution in [2.45, 2.75) is 51.0 Å². The molecule has 0 aromatic heterocycles. The van der Waals surface area contributed by atoms with Gasteiger partial charge in [0, 0.05) is 6.04 Å². The molecule has 1 saturated carbocycles. The van der Waals surface area contributed by atoms with Crippen LogP contribution in [0.5, 0.6) is 0 Å². The van der Waals surface area contributed by atoms with Crippen LogP contribution >= 0.6 is 0 Å². The minimum absolute atomic E-state index is 0.799. The number of nitrogens with two attached hydrogens (primary N) is 1. The predicted octanol–water partition coefficient (Wildman–Crippen LogP) is 2.24. The van der Waals surface area contributed by atoms with Crippen LogP contribution in [0.25, 0.3) is 0 Å². The summed E-state index contributed by atoms with van der Waals surface area (Å²) >= 11 is 0. The van der Waals surface area contributed by atoms with Crippen molar-refractivity contribution in [1.29, 1.82) is 0 Å². The average Bonchev–Trinajstić information content (AvgIpc) is 2.31. The van der Waals surface area contributed by atoms with E-state index in [-0.39, 0.29) is 0 Å². The van der Waals surface area contributed by atoms with Gasteiger partial charge in [0.05, 0.1) is 0 Å². The molecular weight excluding hydrogens is 184 g/mol. The Hall–Kier alpha value is -0.0800. The average molecular weight is 210 g/mol. The number of piperidine rings is 1. The Morgan fingerprint density at radius 3 is 2.53 bits per heavy atom. The first-order valence-corrected chi connectivity index (χ1v) is 6.71. The summed E-state index contributed by atoms with van der Waals surface area (Å²) in [7, 11) is 2.31. The molecule has 0 radical (unpaired) electrons. The highest BCUT2D eigenvalue weighted by Gasteiger charge is 2.31. The fourth-order valence-electron chi connectivity index (χ4n) is 3.48. The van der Waals surface area contributed by atoms with Crippen molar-refractivity contribution in [3.8, 4) is 0 Å². The number of hydrogen-bond acceptors (Lipinski definition) is 2. The molecule has 2 fully saturated rings. The lowest BCUT2D eigenvalue weighted by atomic mass is 9.77. The van der Waals surface area contributed by atoms with E-state index >= 15 is 0 Å². The fraction of sp³-hybridized carbons (Fsp3) is 1.00. The van der Waals surface area contributed by atoms with Gasteiger partial charge in [0.25, 0.3) is 0 Å². The van der Waals surface area contributed by atoms with E-state index in [0.29, 0.717) is 0 Å². The van der Waals surface area contributed by atoms with Gasteiger partial charge in [0.2, 0.25) is 0 Å². The topological polar surface area (TPSA) is 29.3 Å². The van der Waals surface area contributed by atoms with Crippen LogP contribution in [0.4, 0.5) is 0 Å². The molecule has 2 heteroatoms. The highest BCUT2D eigenvalue weighted by molar-refractivity contribution is 4.86. The Morgan fingerprint density at radius 2 is 1.87 bits per heavy atom. The zero-order valence-electron chi connectivity index (χ0n) is 10.1. The lowest BCUT2D eigenvalue weighted by Crippen LogP contribution is -2.46. The lowest BCUT2D eigenvalue weighted by molar-refractivity contribution is 0.0795. The van der Waals surface area contributed by atoms with E-state index < -0.39 is 0 Å². The molecule has 2 N–H and O–H groups in total. The van der Waals surface area contributed by atoms with E-state index in [1.165, 1.54) is 51.5 Å². The van der Waals surface area contributed by atoms with Gasteiger partial charge >= 0.3 is 0 Å². The number of rotatable bonds is 2. The Kier molecular flexibility index (Phi) is 4.04. The van der Waals surface area contributed by atoms with Gasteiger partial charge in [-0.05, 0) is 57.7 Å². The molecule has 0 amide bonds. The van der Waals surface area contributed by atoms with Crippen LogP contribution < -0.4 is 5.73 Å². The number of nitrogens with zero attached hydrogens (tertiary/aromatic N) is 1. The van der Waals surface area contributed by atoms with Crippen LogP contribution in [0.2, 0.25) is 0 Å². The van der Waals surface area contributed by atoms with E-state index in [0.717, 1.165) is 24.4 Å². The summed E-state index contributed by atoms with van der Waals surface area (Å²) in [6, 6.07) is 0.840. The SMILES string of the molecule is CN1CCC(CN)CC1C1CCCCC1. The first-order valence-electron chi connectivity index (χ1n) is 6.71. The zero-order chi connectivity index (χ0) is 10.7. The van der Waals surface area contributed by atoms with Gasteiger partial charge < -0.3 is 10.6 Å². The molecule has 2 nitrogen and oxygen atoms in total. The summed E-state index contributed by atoms with van der Waals surface area (Å²) < 4.78 is 0. The van der Waals surface area contributed by atoms with Crippen molar-refractivity contribution in [3.63, 3.8) is 0 Å². The molecule has 0 bridgehead atoms. The third-order valence-corrected chi connectivity index (χ3v) is 4.56. The summed E-state index contributed by atoms with van der Waals surface area (Å²) in [4.78, 5) is 2.60. The van der Waals surface area contributed by atoms with E-state index in [9.17, 15) is 0 Å². The van der Waals surface area contributed by atoms with E-state index in [1.54, 1.807) is 0 Å². The lowest BCUT2D eigenvalue weighted by Gasteiger charge is -2.42. The molecule has 88 valence electrons. The Bertz CT molecular complexity index is 187. The minimum Gasteiger partial charge on any atom is -0.330 e. The van der Waals surface area contributed by atoms with Crippen molar-refractivity contribution in [3.05, 3.63) is 0 Å². The van der Waals surface area contributed by atoms with Crippen molar-refractivity contribution >= 4 is 0 Å². The van der Waals surface area contributed by atoms with Crippen LogP contribution in [0.15, 0.2) is 0 Å². The van der Waals surface area contributed by atoms with Crippen molar-refractivity contribution in [1.82, 2.24) is 4.90 Å². The molecular formula is C13H26N2. The van der Waals surface area contributed by atoms with Gasteiger partial charge in [0.15, 0.2) is 0 Å². The molecule has 2 unspecified atom stereocenters. The second-order valence-corrected chi connectivity index (χ2v) is 5.57. The monoisotopic (exact) mass is 210 g/mol. The summed E-state index contributed by atoms with van der Waals surface area (Å²) in [6.45, 7) is 2.17. The van der Waals surface area contributed by atoms with Gasteiger partial charge in [-0.3, -0.25) is 0 Å². The van der Waals surface area contributed by atoms with Gasteiger partial charge in [-0.2, -0.15) is 0 Å². The van der Waals surface area contributed by atoms with E-state index in [1.807, 2.05) is 0 Å². The molecule has 2 aliphatic rings. The second kappa shape index (κ2) is 5.31. The highest BCUT2D eigenvalue weighted by atomic mass is 15.1. The summed E-state index contributed by atoms with van der Waals surface area (Å²) in [5.41, 5.74) is 5.82. The Labute approximate surface area is 94.2 Å². The van der Waals surface area contributed by atoms with Crippen LogP contribution in [0.3, 0.4) is 0 Å². The molecule has 0 spiro atoms. The Morgan fingerprint density at radius 1 is 1.13 bits per heavy atom. The van der Waals surface area contributed by atoms with Crippen LogP contribution in [0, 0.1) is 11.8 Å². The standard InChI is InChI=1S/C13H26N2/c1-15-8-7-11(10-14)9-13(15)12-5-3-2-4-6-12/h11-13H,2-10,14H2,1H3.